The number of nitrogens with one attached hydrogen (secondary N) is 1. The standard InChI is InChI=1S/C13H12ClN3O/c1-9(10-2-5-15-6-3-10)17-13(18)12-8-11(14)4-7-16-12/h2-9H,1H3,(H,17,18)/t9-/m1/s1. The van der Waals surface area contributed by atoms with Gasteiger partial charge in [-0.15, -0.1) is 0 Å². The Balaban J connectivity index is 2.08. The summed E-state index contributed by atoms with van der Waals surface area (Å²) in [4.78, 5) is 19.8. The molecule has 18 heavy (non-hydrogen) atoms. The highest BCUT2D eigenvalue weighted by Gasteiger charge is 2.12. The zero-order chi connectivity index (χ0) is 13.0. The van der Waals surface area contributed by atoms with E-state index in [1.54, 1.807) is 18.5 Å². The van der Waals surface area contributed by atoms with Gasteiger partial charge in [0.25, 0.3) is 5.91 Å². The van der Waals surface area contributed by atoms with Crippen LogP contribution in [-0.4, -0.2) is 15.9 Å². The van der Waals surface area contributed by atoms with Crippen molar-refractivity contribution in [3.05, 3.63) is 59.1 Å². The molecule has 2 rings (SSSR count). The number of nitrogens with zero attached hydrogens (tertiary/aromatic N) is 2. The van der Waals surface area contributed by atoms with E-state index in [1.165, 1.54) is 12.3 Å². The third kappa shape index (κ3) is 3.05. The Kier molecular flexibility index (Phi) is 3.89. The molecule has 0 unspecified atom stereocenters. The van der Waals surface area contributed by atoms with Crippen molar-refractivity contribution in [1.82, 2.24) is 15.3 Å². The maximum absolute atomic E-state index is 11.9. The van der Waals surface area contributed by atoms with E-state index in [0.29, 0.717) is 10.7 Å². The van der Waals surface area contributed by atoms with Gasteiger partial charge in [-0.3, -0.25) is 14.8 Å². The van der Waals surface area contributed by atoms with Crippen LogP contribution in [0.25, 0.3) is 0 Å². The maximum Gasteiger partial charge on any atom is 0.270 e. The van der Waals surface area contributed by atoms with Gasteiger partial charge in [-0.05, 0) is 36.8 Å². The fourth-order valence-electron chi connectivity index (χ4n) is 1.53. The fourth-order valence-corrected chi connectivity index (χ4v) is 1.69. The van der Waals surface area contributed by atoms with Crippen LogP contribution in [-0.2, 0) is 0 Å². The maximum atomic E-state index is 11.9. The zero-order valence-corrected chi connectivity index (χ0v) is 10.6. The van der Waals surface area contributed by atoms with E-state index in [1.807, 2.05) is 19.1 Å². The number of rotatable bonds is 3. The van der Waals surface area contributed by atoms with Crippen LogP contribution in [0.5, 0.6) is 0 Å². The summed E-state index contributed by atoms with van der Waals surface area (Å²) in [6.07, 6.45) is 4.89. The molecule has 0 aliphatic carbocycles. The molecule has 1 amide bonds. The lowest BCUT2D eigenvalue weighted by Gasteiger charge is -2.13. The minimum Gasteiger partial charge on any atom is -0.344 e. The summed E-state index contributed by atoms with van der Waals surface area (Å²) in [6, 6.07) is 6.77. The quantitative estimate of drug-likeness (QED) is 0.924. The topological polar surface area (TPSA) is 54.9 Å². The Labute approximate surface area is 110 Å². The molecule has 0 fully saturated rings. The van der Waals surface area contributed by atoms with E-state index in [0.717, 1.165) is 5.56 Å². The Hall–Kier alpha value is -1.94. The summed E-state index contributed by atoms with van der Waals surface area (Å²) >= 11 is 5.81. The molecular formula is C13H12ClN3O. The van der Waals surface area contributed by atoms with Crippen molar-refractivity contribution in [3.63, 3.8) is 0 Å². The number of hydrogen-bond acceptors (Lipinski definition) is 3. The van der Waals surface area contributed by atoms with Crippen molar-refractivity contribution in [2.24, 2.45) is 0 Å². The molecule has 5 heteroatoms. The van der Waals surface area contributed by atoms with Crippen molar-refractivity contribution in [2.45, 2.75) is 13.0 Å². The second-order valence-electron chi connectivity index (χ2n) is 3.83. The Morgan fingerprint density at radius 3 is 2.67 bits per heavy atom. The molecule has 1 N–H and O–H groups in total. The van der Waals surface area contributed by atoms with Gasteiger partial charge in [-0.2, -0.15) is 0 Å². The van der Waals surface area contributed by atoms with E-state index >= 15 is 0 Å². The van der Waals surface area contributed by atoms with Gasteiger partial charge in [-0.1, -0.05) is 11.6 Å². The first-order valence-electron chi connectivity index (χ1n) is 5.49. The highest BCUT2D eigenvalue weighted by molar-refractivity contribution is 6.30. The van der Waals surface area contributed by atoms with Gasteiger partial charge in [0.1, 0.15) is 5.69 Å². The molecule has 0 aromatic carbocycles. The number of halogens is 1. The van der Waals surface area contributed by atoms with Crippen LogP contribution in [0.2, 0.25) is 5.02 Å². The first-order valence-corrected chi connectivity index (χ1v) is 5.87. The molecule has 2 aromatic heterocycles. The van der Waals surface area contributed by atoms with E-state index < -0.39 is 0 Å². The summed E-state index contributed by atoms with van der Waals surface area (Å²) in [5.41, 5.74) is 1.30. The van der Waals surface area contributed by atoms with Crippen molar-refractivity contribution in [2.75, 3.05) is 0 Å². The molecule has 0 aliphatic heterocycles. The molecule has 0 saturated carbocycles. The smallest absolute Gasteiger partial charge is 0.270 e. The average molecular weight is 262 g/mol. The number of hydrogen-bond donors (Lipinski definition) is 1. The van der Waals surface area contributed by atoms with Crippen LogP contribution in [0.15, 0.2) is 42.9 Å². The third-order valence-electron chi connectivity index (χ3n) is 2.51. The minimum atomic E-state index is -0.248. The summed E-state index contributed by atoms with van der Waals surface area (Å²) in [5.74, 6) is -0.248. The highest BCUT2D eigenvalue weighted by Crippen LogP contribution is 2.12. The van der Waals surface area contributed by atoms with Crippen LogP contribution in [0, 0.1) is 0 Å². The lowest BCUT2D eigenvalue weighted by atomic mass is 10.1. The van der Waals surface area contributed by atoms with Gasteiger partial charge >= 0.3 is 0 Å². The lowest BCUT2D eigenvalue weighted by molar-refractivity contribution is 0.0935. The van der Waals surface area contributed by atoms with Crippen LogP contribution in [0.4, 0.5) is 0 Å². The molecule has 1 atom stereocenters. The predicted octanol–water partition coefficient (Wildman–Crippen LogP) is 2.62. The van der Waals surface area contributed by atoms with Gasteiger partial charge < -0.3 is 5.32 Å². The van der Waals surface area contributed by atoms with Gasteiger partial charge in [0.2, 0.25) is 0 Å². The summed E-state index contributed by atoms with van der Waals surface area (Å²) in [7, 11) is 0. The molecule has 92 valence electrons. The Morgan fingerprint density at radius 2 is 2.00 bits per heavy atom. The van der Waals surface area contributed by atoms with Crippen LogP contribution in [0.1, 0.15) is 29.0 Å². The number of carbonyl (C=O) groups excluding carboxylic acids is 1. The highest BCUT2D eigenvalue weighted by atomic mass is 35.5. The SMILES string of the molecule is C[C@@H](NC(=O)c1cc(Cl)ccn1)c1ccncc1. The van der Waals surface area contributed by atoms with E-state index in [-0.39, 0.29) is 11.9 Å². The number of aromatic nitrogens is 2. The number of pyridine rings is 2. The summed E-state index contributed by atoms with van der Waals surface area (Å²) in [5, 5.41) is 3.34. The number of carbonyl (C=O) groups is 1. The fraction of sp³-hybridized carbons (Fsp3) is 0.154. The van der Waals surface area contributed by atoms with Crippen molar-refractivity contribution < 1.29 is 4.79 Å². The Bertz CT molecular complexity index is 545. The lowest BCUT2D eigenvalue weighted by Crippen LogP contribution is -2.27. The van der Waals surface area contributed by atoms with Gasteiger partial charge in [0.05, 0.1) is 6.04 Å². The average Bonchev–Trinajstić information content (AvgIpc) is 2.39. The molecule has 0 saturated heterocycles. The van der Waals surface area contributed by atoms with Crippen molar-refractivity contribution >= 4 is 17.5 Å². The van der Waals surface area contributed by atoms with Crippen LogP contribution in [0.3, 0.4) is 0 Å². The van der Waals surface area contributed by atoms with Gasteiger partial charge in [0.15, 0.2) is 0 Å². The zero-order valence-electron chi connectivity index (χ0n) is 9.80. The molecule has 0 spiro atoms. The second-order valence-corrected chi connectivity index (χ2v) is 4.27. The third-order valence-corrected chi connectivity index (χ3v) is 2.74. The first kappa shape index (κ1) is 12.5. The van der Waals surface area contributed by atoms with Gasteiger partial charge in [0, 0.05) is 23.6 Å². The molecule has 4 nitrogen and oxygen atoms in total. The molecule has 0 aliphatic rings. The molecule has 0 radical (unpaired) electrons. The summed E-state index contributed by atoms with van der Waals surface area (Å²) in [6.45, 7) is 1.90. The largest absolute Gasteiger partial charge is 0.344 e. The van der Waals surface area contributed by atoms with Crippen LogP contribution >= 0.6 is 11.6 Å². The van der Waals surface area contributed by atoms with Crippen LogP contribution < -0.4 is 5.32 Å². The number of amides is 1. The van der Waals surface area contributed by atoms with Crippen molar-refractivity contribution in [3.8, 4) is 0 Å². The molecule has 2 aromatic rings. The van der Waals surface area contributed by atoms with Crippen molar-refractivity contribution in [1.29, 1.82) is 0 Å². The molecule has 0 bridgehead atoms. The van der Waals surface area contributed by atoms with Gasteiger partial charge in [-0.25, -0.2) is 0 Å². The summed E-state index contributed by atoms with van der Waals surface area (Å²) < 4.78 is 0. The van der Waals surface area contributed by atoms with E-state index in [4.69, 9.17) is 11.6 Å². The van der Waals surface area contributed by atoms with E-state index in [2.05, 4.69) is 15.3 Å². The predicted molar refractivity (Wildman–Crippen MR) is 69.4 cm³/mol. The van der Waals surface area contributed by atoms with E-state index in [9.17, 15) is 4.79 Å². The minimum absolute atomic E-state index is 0.110. The monoisotopic (exact) mass is 261 g/mol. The Morgan fingerprint density at radius 1 is 1.28 bits per heavy atom. The first-order chi connectivity index (χ1) is 8.66. The molecule has 2 heterocycles. The normalized spacial score (nSPS) is 11.9. The molecular weight excluding hydrogens is 250 g/mol. The second kappa shape index (κ2) is 5.60.